The van der Waals surface area contributed by atoms with E-state index < -0.39 is 12.0 Å². The summed E-state index contributed by atoms with van der Waals surface area (Å²) < 4.78 is 11.5. The predicted octanol–water partition coefficient (Wildman–Crippen LogP) is 1.79. The number of methoxy groups -OCH3 is 1. The molecule has 1 unspecified atom stereocenters. The zero-order valence-electron chi connectivity index (χ0n) is 15.1. The maximum absolute atomic E-state index is 12.6. The SMILES string of the molecule is CCOC(=O)C1=C(C)Nc2nc(SCC(=O)OC)nn2C1c1ccccn1. The summed E-state index contributed by atoms with van der Waals surface area (Å²) in [5.74, 6) is -0.263. The normalized spacial score (nSPS) is 15.7. The van der Waals surface area contributed by atoms with Crippen molar-refractivity contribution in [1.82, 2.24) is 19.7 Å². The Morgan fingerprint density at radius 1 is 1.37 bits per heavy atom. The molecule has 0 fully saturated rings. The number of aromatic nitrogens is 4. The number of allylic oxidation sites excluding steroid dienone is 1. The van der Waals surface area contributed by atoms with E-state index in [1.165, 1.54) is 7.11 Å². The van der Waals surface area contributed by atoms with Gasteiger partial charge in [-0.3, -0.25) is 9.78 Å². The summed E-state index contributed by atoms with van der Waals surface area (Å²) in [6, 6.07) is 4.87. The van der Waals surface area contributed by atoms with Crippen LogP contribution in [0.5, 0.6) is 0 Å². The Morgan fingerprint density at radius 2 is 2.19 bits per heavy atom. The molecule has 0 radical (unpaired) electrons. The lowest BCUT2D eigenvalue weighted by Gasteiger charge is -2.27. The molecule has 10 heteroatoms. The molecule has 2 aromatic rings. The zero-order valence-corrected chi connectivity index (χ0v) is 15.9. The van der Waals surface area contributed by atoms with E-state index in [-0.39, 0.29) is 18.3 Å². The van der Waals surface area contributed by atoms with Gasteiger partial charge in [-0.25, -0.2) is 9.48 Å². The maximum atomic E-state index is 12.6. The van der Waals surface area contributed by atoms with Crippen LogP contribution >= 0.6 is 11.8 Å². The number of hydrogen-bond donors (Lipinski definition) is 1. The van der Waals surface area contributed by atoms with Crippen LogP contribution < -0.4 is 5.32 Å². The first-order valence-corrected chi connectivity index (χ1v) is 9.25. The van der Waals surface area contributed by atoms with Crippen LogP contribution in [0.3, 0.4) is 0 Å². The molecule has 1 atom stereocenters. The van der Waals surface area contributed by atoms with Crippen molar-refractivity contribution in [2.75, 3.05) is 24.8 Å². The van der Waals surface area contributed by atoms with Crippen molar-refractivity contribution in [2.24, 2.45) is 0 Å². The van der Waals surface area contributed by atoms with Gasteiger partial charge in [-0.1, -0.05) is 17.8 Å². The quantitative estimate of drug-likeness (QED) is 0.584. The fourth-order valence-electron chi connectivity index (χ4n) is 2.66. The molecule has 3 rings (SSSR count). The van der Waals surface area contributed by atoms with E-state index in [2.05, 4.69) is 25.1 Å². The number of nitrogens with zero attached hydrogens (tertiary/aromatic N) is 4. The van der Waals surface area contributed by atoms with E-state index >= 15 is 0 Å². The molecule has 0 aromatic carbocycles. The predicted molar refractivity (Wildman–Crippen MR) is 98.1 cm³/mol. The largest absolute Gasteiger partial charge is 0.468 e. The highest BCUT2D eigenvalue weighted by molar-refractivity contribution is 7.99. The number of thioether (sulfide) groups is 1. The first-order chi connectivity index (χ1) is 13.0. The summed E-state index contributed by atoms with van der Waals surface area (Å²) in [5.41, 5.74) is 1.67. The number of hydrogen-bond acceptors (Lipinski definition) is 9. The van der Waals surface area contributed by atoms with Gasteiger partial charge in [-0.05, 0) is 26.0 Å². The van der Waals surface area contributed by atoms with E-state index in [1.54, 1.807) is 30.8 Å². The zero-order chi connectivity index (χ0) is 19.4. The second-order valence-corrected chi connectivity index (χ2v) is 6.51. The number of pyridine rings is 1. The highest BCUT2D eigenvalue weighted by atomic mass is 32.2. The second kappa shape index (κ2) is 8.21. The van der Waals surface area contributed by atoms with Crippen molar-refractivity contribution in [3.05, 3.63) is 41.4 Å². The first kappa shape index (κ1) is 18.9. The Hall–Kier alpha value is -2.88. The van der Waals surface area contributed by atoms with Crippen LogP contribution in [0, 0.1) is 0 Å². The molecule has 1 aliphatic heterocycles. The highest BCUT2D eigenvalue weighted by Crippen LogP contribution is 2.35. The molecule has 0 spiro atoms. The van der Waals surface area contributed by atoms with Crippen LogP contribution in [0.1, 0.15) is 25.6 Å². The average molecular weight is 389 g/mol. The molecule has 0 bridgehead atoms. The summed E-state index contributed by atoms with van der Waals surface area (Å²) in [5, 5.41) is 7.93. The molecular formula is C17H19N5O4S. The van der Waals surface area contributed by atoms with Crippen LogP contribution in [-0.2, 0) is 19.1 Å². The van der Waals surface area contributed by atoms with Crippen LogP contribution in [0.2, 0.25) is 0 Å². The first-order valence-electron chi connectivity index (χ1n) is 8.27. The number of rotatable bonds is 6. The van der Waals surface area contributed by atoms with Crippen LogP contribution in [0.25, 0.3) is 0 Å². The van der Waals surface area contributed by atoms with Gasteiger partial charge in [0, 0.05) is 11.9 Å². The van der Waals surface area contributed by atoms with Crippen molar-refractivity contribution in [3.63, 3.8) is 0 Å². The summed E-state index contributed by atoms with van der Waals surface area (Å²) in [7, 11) is 1.33. The number of esters is 2. The molecule has 9 nitrogen and oxygen atoms in total. The number of carbonyl (C=O) groups excluding carboxylic acids is 2. The van der Waals surface area contributed by atoms with Gasteiger partial charge in [-0.15, -0.1) is 5.10 Å². The second-order valence-electron chi connectivity index (χ2n) is 5.57. The third-order valence-electron chi connectivity index (χ3n) is 3.84. The molecule has 0 saturated carbocycles. The van der Waals surface area contributed by atoms with E-state index in [9.17, 15) is 9.59 Å². The van der Waals surface area contributed by atoms with Gasteiger partial charge in [0.25, 0.3) is 0 Å². The van der Waals surface area contributed by atoms with E-state index in [0.29, 0.717) is 28.1 Å². The van der Waals surface area contributed by atoms with E-state index in [1.807, 2.05) is 12.1 Å². The lowest BCUT2D eigenvalue weighted by molar-refractivity contribution is -0.139. The van der Waals surface area contributed by atoms with Gasteiger partial charge < -0.3 is 14.8 Å². The Balaban J connectivity index is 2.01. The molecule has 0 saturated heterocycles. The third kappa shape index (κ3) is 3.95. The van der Waals surface area contributed by atoms with Gasteiger partial charge in [0.2, 0.25) is 11.1 Å². The van der Waals surface area contributed by atoms with Gasteiger partial charge in [0.1, 0.15) is 6.04 Å². The van der Waals surface area contributed by atoms with Crippen LogP contribution in [0.4, 0.5) is 5.95 Å². The molecule has 0 amide bonds. The molecule has 27 heavy (non-hydrogen) atoms. The number of ether oxygens (including phenoxy) is 2. The molecule has 1 aliphatic rings. The lowest BCUT2D eigenvalue weighted by Crippen LogP contribution is -2.30. The minimum Gasteiger partial charge on any atom is -0.468 e. The number of nitrogens with one attached hydrogen (secondary N) is 1. The van der Waals surface area contributed by atoms with Gasteiger partial charge in [0.15, 0.2) is 0 Å². The number of carbonyl (C=O) groups is 2. The fraction of sp³-hybridized carbons (Fsp3) is 0.353. The van der Waals surface area contributed by atoms with E-state index in [0.717, 1.165) is 11.8 Å². The molecule has 2 aromatic heterocycles. The summed E-state index contributed by atoms with van der Waals surface area (Å²) in [6.45, 7) is 3.79. The van der Waals surface area contributed by atoms with Gasteiger partial charge >= 0.3 is 11.9 Å². The fourth-order valence-corrected chi connectivity index (χ4v) is 3.32. The van der Waals surface area contributed by atoms with E-state index in [4.69, 9.17) is 4.74 Å². The Morgan fingerprint density at radius 3 is 2.85 bits per heavy atom. The summed E-state index contributed by atoms with van der Waals surface area (Å²) >= 11 is 1.15. The minimum absolute atomic E-state index is 0.0886. The average Bonchev–Trinajstić information content (AvgIpc) is 3.08. The molecular weight excluding hydrogens is 370 g/mol. The molecule has 1 N–H and O–H groups in total. The smallest absolute Gasteiger partial charge is 0.338 e. The van der Waals surface area contributed by atoms with Crippen molar-refractivity contribution in [2.45, 2.75) is 25.0 Å². The number of fused-ring (bicyclic) bond motifs is 1. The van der Waals surface area contributed by atoms with Crippen molar-refractivity contribution >= 4 is 29.6 Å². The standard InChI is InChI=1S/C17H19N5O4S/c1-4-26-15(24)13-10(2)19-16-20-17(27-9-12(23)25-3)21-22(16)14(13)11-7-5-6-8-18-11/h5-8,14H,4,9H2,1-3H3,(H,19,20,21). The van der Waals surface area contributed by atoms with Crippen molar-refractivity contribution in [1.29, 1.82) is 0 Å². The Labute approximate surface area is 160 Å². The van der Waals surface area contributed by atoms with Crippen LogP contribution in [-0.4, -0.2) is 51.2 Å². The Kier molecular flexibility index (Phi) is 5.75. The molecule has 3 heterocycles. The number of anilines is 1. The van der Waals surface area contributed by atoms with Gasteiger partial charge in [0.05, 0.1) is 30.7 Å². The van der Waals surface area contributed by atoms with Crippen molar-refractivity contribution < 1.29 is 19.1 Å². The Bertz CT molecular complexity index is 881. The highest BCUT2D eigenvalue weighted by Gasteiger charge is 2.36. The molecule has 0 aliphatic carbocycles. The maximum Gasteiger partial charge on any atom is 0.338 e. The summed E-state index contributed by atoms with van der Waals surface area (Å²) in [6.07, 6.45) is 1.65. The monoisotopic (exact) mass is 389 g/mol. The summed E-state index contributed by atoms with van der Waals surface area (Å²) in [4.78, 5) is 32.8. The lowest BCUT2D eigenvalue weighted by atomic mass is 10.00. The van der Waals surface area contributed by atoms with Crippen molar-refractivity contribution in [3.8, 4) is 0 Å². The molecule has 142 valence electrons. The third-order valence-corrected chi connectivity index (χ3v) is 4.65. The topological polar surface area (TPSA) is 108 Å². The van der Waals surface area contributed by atoms with Gasteiger partial charge in [-0.2, -0.15) is 4.98 Å². The minimum atomic E-state index is -0.582. The van der Waals surface area contributed by atoms with Crippen LogP contribution in [0.15, 0.2) is 40.8 Å².